The fraction of sp³-hybridized carbons (Fsp3) is 0.769. The summed E-state index contributed by atoms with van der Waals surface area (Å²) >= 11 is 0. The van der Waals surface area contributed by atoms with Crippen molar-refractivity contribution in [2.45, 2.75) is 56.6 Å². The van der Waals surface area contributed by atoms with E-state index in [0.29, 0.717) is 0 Å². The minimum absolute atomic E-state index is 0.778. The summed E-state index contributed by atoms with van der Waals surface area (Å²) in [5.41, 5.74) is -12.4. The summed E-state index contributed by atoms with van der Waals surface area (Å²) < 4.78 is 114. The monoisotopic (exact) mass is 491 g/mol. The van der Waals surface area contributed by atoms with E-state index in [1.165, 1.54) is 24.8 Å². The predicted molar refractivity (Wildman–Crippen MR) is 96.4 cm³/mol. The fourth-order valence-electron chi connectivity index (χ4n) is 1.83. The Morgan fingerprint density at radius 2 is 1.41 bits per heavy atom. The van der Waals surface area contributed by atoms with Crippen molar-refractivity contribution < 1.29 is 47.7 Å². The van der Waals surface area contributed by atoms with Crippen LogP contribution >= 0.6 is 0 Å². The van der Waals surface area contributed by atoms with E-state index < -0.39 is 39.1 Å². The highest BCUT2D eigenvalue weighted by atomic mass is 32.3. The maximum Gasteiger partial charge on any atom is 0.480 e. The Labute approximate surface area is 166 Å². The topological polar surface area (TPSA) is 91.2 Å². The number of rotatable bonds is 6. The summed E-state index contributed by atoms with van der Waals surface area (Å²) in [6.07, 6.45) is 5.63. The van der Waals surface area contributed by atoms with Crippen LogP contribution in [0.1, 0.15) is 12.2 Å². The highest BCUT2D eigenvalue weighted by molar-refractivity contribution is 8.13. The lowest BCUT2D eigenvalue weighted by atomic mass is 10.4. The first-order chi connectivity index (χ1) is 12.6. The maximum atomic E-state index is 11.4. The molecular weight excluding hydrogens is 468 g/mol. The van der Waals surface area contributed by atoms with Gasteiger partial charge in [-0.15, -0.1) is 0 Å². The van der Waals surface area contributed by atoms with E-state index in [2.05, 4.69) is 55.1 Å². The van der Waals surface area contributed by atoms with Crippen LogP contribution in [0.3, 0.4) is 0 Å². The van der Waals surface area contributed by atoms with Crippen molar-refractivity contribution in [3.05, 3.63) is 22.3 Å². The zero-order chi connectivity index (χ0) is 23.5. The summed E-state index contributed by atoms with van der Waals surface area (Å²) in [4.78, 5) is 0. The van der Waals surface area contributed by atoms with E-state index in [1.54, 1.807) is 0 Å². The zero-order valence-corrected chi connectivity index (χ0v) is 19.0. The van der Waals surface area contributed by atoms with Crippen LogP contribution in [0.4, 0.5) is 26.3 Å². The Morgan fingerprint density at radius 3 is 1.69 bits per heavy atom. The number of aromatic nitrogens is 2. The molecule has 0 saturated carbocycles. The van der Waals surface area contributed by atoms with Gasteiger partial charge in [0.05, 0.1) is 13.6 Å². The minimum Gasteiger partial charge on any atom is -0.421 e. The highest BCUT2D eigenvalue weighted by Gasteiger charge is 2.46. The molecule has 1 rings (SSSR count). The van der Waals surface area contributed by atoms with E-state index in [1.807, 2.05) is 0 Å². The maximum absolute atomic E-state index is 11.4. The van der Waals surface area contributed by atoms with Crippen molar-refractivity contribution in [1.82, 2.24) is 4.57 Å². The Balaban J connectivity index is 0.000000541. The lowest BCUT2D eigenvalue weighted by Gasteiger charge is -2.22. The van der Waals surface area contributed by atoms with Crippen LogP contribution in [0.5, 0.6) is 0 Å². The van der Waals surface area contributed by atoms with Crippen molar-refractivity contribution in [1.29, 1.82) is 0 Å². The number of nitrogens with zero attached hydrogens (tertiary/aromatic N) is 3. The SMILES string of the molecule is Cc1n(CCC[Si](C)(C)C)cc[n+]1C.O=S(=O)([N-]S(=O)(=O)C(F)(F)F)C(F)(F)F. The molecule has 0 amide bonds. The number of hydrogen-bond acceptors (Lipinski definition) is 4. The minimum atomic E-state index is -6.72. The van der Waals surface area contributed by atoms with Crippen molar-refractivity contribution in [2.75, 3.05) is 0 Å². The smallest absolute Gasteiger partial charge is 0.421 e. The zero-order valence-electron chi connectivity index (χ0n) is 16.3. The molecular formula is C13H23F6N3O4S2Si. The largest absolute Gasteiger partial charge is 0.480 e. The predicted octanol–water partition coefficient (Wildman–Crippen LogP) is 3.41. The molecule has 29 heavy (non-hydrogen) atoms. The van der Waals surface area contributed by atoms with Crippen LogP contribution in [0, 0.1) is 6.92 Å². The van der Waals surface area contributed by atoms with Crippen LogP contribution in [-0.2, 0) is 33.6 Å². The van der Waals surface area contributed by atoms with Gasteiger partial charge in [-0.1, -0.05) is 25.7 Å². The van der Waals surface area contributed by atoms with Gasteiger partial charge in [-0.25, -0.2) is 26.0 Å². The number of imidazole rings is 1. The van der Waals surface area contributed by atoms with E-state index in [-0.39, 0.29) is 0 Å². The summed E-state index contributed by atoms with van der Waals surface area (Å²) in [5.74, 6) is 1.35. The first-order valence-electron chi connectivity index (χ1n) is 7.99. The van der Waals surface area contributed by atoms with E-state index in [0.717, 1.165) is 4.13 Å². The first-order valence-corrected chi connectivity index (χ1v) is 14.6. The van der Waals surface area contributed by atoms with Gasteiger partial charge in [0.25, 0.3) is 5.82 Å². The van der Waals surface area contributed by atoms with Gasteiger partial charge in [0.1, 0.15) is 12.4 Å². The van der Waals surface area contributed by atoms with Gasteiger partial charge < -0.3 is 4.13 Å². The Kier molecular flexibility index (Phi) is 8.98. The van der Waals surface area contributed by atoms with Crippen LogP contribution in [0.2, 0.25) is 25.7 Å². The Hall–Kier alpha value is -1.13. The van der Waals surface area contributed by atoms with Crippen molar-refractivity contribution in [2.24, 2.45) is 7.05 Å². The molecule has 1 aromatic heterocycles. The molecule has 0 aliphatic carbocycles. The van der Waals surface area contributed by atoms with Gasteiger partial charge in [-0.2, -0.15) is 26.3 Å². The Bertz CT molecular complexity index is 845. The molecule has 0 fully saturated rings. The molecule has 0 spiro atoms. The molecule has 1 heterocycles. The molecule has 0 radical (unpaired) electrons. The second-order valence-electron chi connectivity index (χ2n) is 7.23. The highest BCUT2D eigenvalue weighted by Crippen LogP contribution is 2.36. The lowest BCUT2D eigenvalue weighted by molar-refractivity contribution is -0.677. The molecule has 0 bridgehead atoms. The first kappa shape index (κ1) is 27.9. The molecule has 1 aromatic rings. The third kappa shape index (κ3) is 9.04. The molecule has 0 saturated heterocycles. The third-order valence-electron chi connectivity index (χ3n) is 3.50. The van der Waals surface area contributed by atoms with Gasteiger partial charge in [0.2, 0.25) is 0 Å². The third-order valence-corrected chi connectivity index (χ3v) is 8.10. The van der Waals surface area contributed by atoms with Gasteiger partial charge in [0.15, 0.2) is 20.0 Å². The second-order valence-corrected chi connectivity index (χ2v) is 16.3. The average Bonchev–Trinajstić information content (AvgIpc) is 2.75. The molecule has 16 heteroatoms. The molecule has 0 aliphatic rings. The van der Waals surface area contributed by atoms with E-state index in [4.69, 9.17) is 0 Å². The summed E-state index contributed by atoms with van der Waals surface area (Å²) in [5, 5.41) is 0. The normalized spacial score (nSPS) is 13.8. The number of halogens is 6. The van der Waals surface area contributed by atoms with E-state index in [9.17, 15) is 43.2 Å². The number of sulfonamides is 2. The molecule has 0 aromatic carbocycles. The van der Waals surface area contributed by atoms with Crippen LogP contribution in [0.25, 0.3) is 4.13 Å². The van der Waals surface area contributed by atoms with Crippen LogP contribution < -0.4 is 4.57 Å². The van der Waals surface area contributed by atoms with Gasteiger partial charge in [-0.05, 0) is 6.42 Å². The Morgan fingerprint density at radius 1 is 1.00 bits per heavy atom. The molecule has 0 N–H and O–H groups in total. The number of hydrogen-bond donors (Lipinski definition) is 0. The molecule has 0 unspecified atom stereocenters. The molecule has 0 atom stereocenters. The number of alkyl halides is 6. The van der Waals surface area contributed by atoms with Crippen LogP contribution in [-0.4, -0.2) is 40.5 Å². The quantitative estimate of drug-likeness (QED) is 0.346. The van der Waals surface area contributed by atoms with Crippen molar-refractivity contribution in [3.8, 4) is 0 Å². The standard InChI is InChI=1S/C11H23N2Si.C2F6NO4S2/c1-11-12(2)8-9-13(11)7-6-10-14(3,4)5;3-1(4,5)14(10,11)9-15(12,13)2(6,7)8/h8-9H,6-7,10H2,1-5H3;/q+1;-1. The van der Waals surface area contributed by atoms with Gasteiger partial charge in [-0.3, -0.25) is 0 Å². The molecule has 172 valence electrons. The summed E-state index contributed by atoms with van der Waals surface area (Å²) in [7, 11) is -12.2. The number of aryl methyl sites for hydroxylation is 2. The summed E-state index contributed by atoms with van der Waals surface area (Å²) in [6.45, 7) is 10.7. The van der Waals surface area contributed by atoms with Crippen molar-refractivity contribution in [3.63, 3.8) is 0 Å². The fourth-order valence-corrected chi connectivity index (χ4v) is 4.76. The summed E-state index contributed by atoms with van der Waals surface area (Å²) in [6, 6.07) is 1.42. The van der Waals surface area contributed by atoms with Crippen molar-refractivity contribution >= 4 is 28.1 Å². The second kappa shape index (κ2) is 9.34. The van der Waals surface area contributed by atoms with Gasteiger partial charge >= 0.3 is 11.0 Å². The molecule has 7 nitrogen and oxygen atoms in total. The van der Waals surface area contributed by atoms with Gasteiger partial charge in [0, 0.05) is 15.0 Å². The van der Waals surface area contributed by atoms with Crippen LogP contribution in [0.15, 0.2) is 12.4 Å². The van der Waals surface area contributed by atoms with E-state index >= 15 is 0 Å². The molecule has 0 aliphatic heterocycles. The lowest BCUT2D eigenvalue weighted by Crippen LogP contribution is -2.30. The average molecular weight is 492 g/mol.